The molecular weight excluding hydrogens is 278 g/mol. The van der Waals surface area contributed by atoms with Gasteiger partial charge in [-0.2, -0.15) is 5.26 Å². The Morgan fingerprint density at radius 3 is 2.77 bits per heavy atom. The summed E-state index contributed by atoms with van der Waals surface area (Å²) in [5.41, 5.74) is 0.561. The number of ether oxygens (including phenoxy) is 2. The van der Waals surface area contributed by atoms with Crippen LogP contribution in [0.5, 0.6) is 11.5 Å². The van der Waals surface area contributed by atoms with Crippen molar-refractivity contribution >= 4 is 5.82 Å². The van der Waals surface area contributed by atoms with Gasteiger partial charge in [0.15, 0.2) is 17.6 Å². The van der Waals surface area contributed by atoms with Crippen molar-refractivity contribution in [1.82, 2.24) is 4.98 Å². The molecule has 0 amide bonds. The molecule has 0 unspecified atom stereocenters. The number of hydrogen-bond acceptors (Lipinski definition) is 5. The number of rotatable bonds is 4. The smallest absolute Gasteiger partial charge is 0.161 e. The van der Waals surface area contributed by atoms with E-state index in [0.717, 1.165) is 23.9 Å². The van der Waals surface area contributed by atoms with E-state index in [2.05, 4.69) is 22.9 Å². The Balaban J connectivity index is 1.70. The maximum absolute atomic E-state index is 8.84. The number of anilines is 1. The van der Waals surface area contributed by atoms with Crippen molar-refractivity contribution in [2.45, 2.75) is 13.0 Å². The van der Waals surface area contributed by atoms with Crippen molar-refractivity contribution in [3.05, 3.63) is 48.2 Å². The minimum atomic E-state index is -0.0488. The van der Waals surface area contributed by atoms with Gasteiger partial charge in [0.2, 0.25) is 0 Å². The minimum Gasteiger partial charge on any atom is -0.486 e. The van der Waals surface area contributed by atoms with Crippen LogP contribution in [0.3, 0.4) is 0 Å². The first-order chi connectivity index (χ1) is 10.8. The highest BCUT2D eigenvalue weighted by Gasteiger charge is 2.23. The first-order valence-electron chi connectivity index (χ1n) is 7.29. The number of nitrogens with zero attached hydrogens (tertiary/aromatic N) is 3. The van der Waals surface area contributed by atoms with Crippen molar-refractivity contribution in [1.29, 1.82) is 5.26 Å². The molecule has 3 rings (SSSR count). The van der Waals surface area contributed by atoms with Crippen molar-refractivity contribution < 1.29 is 9.47 Å². The Morgan fingerprint density at radius 2 is 2.09 bits per heavy atom. The Labute approximate surface area is 129 Å². The first-order valence-corrected chi connectivity index (χ1v) is 7.29. The summed E-state index contributed by atoms with van der Waals surface area (Å²) in [5, 5.41) is 8.84. The lowest BCUT2D eigenvalue weighted by atomic mass is 10.2. The molecule has 2 aromatic rings. The average Bonchev–Trinajstić information content (AvgIpc) is 2.59. The lowest BCUT2D eigenvalue weighted by Gasteiger charge is -2.31. The number of likely N-dealkylation sites (N-methyl/N-ethyl adjacent to an activating group) is 1. The number of benzene rings is 1. The third kappa shape index (κ3) is 2.96. The van der Waals surface area contributed by atoms with Crippen LogP contribution in [0, 0.1) is 11.3 Å². The van der Waals surface area contributed by atoms with Gasteiger partial charge in [0.05, 0.1) is 12.1 Å². The highest BCUT2D eigenvalue weighted by molar-refractivity contribution is 5.43. The zero-order valence-corrected chi connectivity index (χ0v) is 12.4. The summed E-state index contributed by atoms with van der Waals surface area (Å²) in [5.74, 6) is 2.41. The summed E-state index contributed by atoms with van der Waals surface area (Å²) in [4.78, 5) is 6.45. The molecule has 5 heteroatoms. The van der Waals surface area contributed by atoms with Gasteiger partial charge in [-0.3, -0.25) is 0 Å². The second-order valence-electron chi connectivity index (χ2n) is 5.05. The predicted molar refractivity (Wildman–Crippen MR) is 83.2 cm³/mol. The number of hydrogen-bond donors (Lipinski definition) is 0. The van der Waals surface area contributed by atoms with E-state index in [1.807, 2.05) is 30.3 Å². The third-order valence-electron chi connectivity index (χ3n) is 3.57. The summed E-state index contributed by atoms with van der Waals surface area (Å²) in [7, 11) is 0. The maximum Gasteiger partial charge on any atom is 0.161 e. The van der Waals surface area contributed by atoms with Crippen molar-refractivity contribution in [3.8, 4) is 17.6 Å². The quantitative estimate of drug-likeness (QED) is 0.868. The van der Waals surface area contributed by atoms with Crippen LogP contribution >= 0.6 is 0 Å². The Hall–Kier alpha value is -2.74. The van der Waals surface area contributed by atoms with E-state index in [1.54, 1.807) is 12.3 Å². The molecule has 0 N–H and O–H groups in total. The van der Waals surface area contributed by atoms with Crippen LogP contribution in [-0.2, 0) is 0 Å². The second-order valence-corrected chi connectivity index (χ2v) is 5.05. The van der Waals surface area contributed by atoms with E-state index in [4.69, 9.17) is 14.7 Å². The average molecular weight is 295 g/mol. The molecule has 0 bridgehead atoms. The monoisotopic (exact) mass is 295 g/mol. The molecule has 0 saturated carbocycles. The van der Waals surface area contributed by atoms with Crippen LogP contribution < -0.4 is 14.4 Å². The summed E-state index contributed by atoms with van der Waals surface area (Å²) in [6.07, 6.45) is 1.54. The maximum atomic E-state index is 8.84. The van der Waals surface area contributed by atoms with E-state index in [0.29, 0.717) is 18.7 Å². The van der Waals surface area contributed by atoms with Gasteiger partial charge in [0, 0.05) is 12.7 Å². The van der Waals surface area contributed by atoms with Crippen LogP contribution in [-0.4, -0.2) is 30.8 Å². The Morgan fingerprint density at radius 1 is 1.27 bits per heavy atom. The fraction of sp³-hybridized carbons (Fsp3) is 0.294. The second kappa shape index (κ2) is 6.35. The number of fused-ring (bicyclic) bond motifs is 1. The van der Waals surface area contributed by atoms with Gasteiger partial charge in [-0.1, -0.05) is 12.1 Å². The van der Waals surface area contributed by atoms with Gasteiger partial charge < -0.3 is 14.4 Å². The molecule has 0 saturated heterocycles. The molecule has 1 aliphatic heterocycles. The van der Waals surface area contributed by atoms with Crippen LogP contribution in [0.1, 0.15) is 12.5 Å². The molecule has 0 spiro atoms. The zero-order valence-electron chi connectivity index (χ0n) is 12.4. The molecular formula is C17H17N3O2. The van der Waals surface area contributed by atoms with E-state index in [9.17, 15) is 0 Å². The number of pyridine rings is 1. The fourth-order valence-electron chi connectivity index (χ4n) is 2.42. The lowest BCUT2D eigenvalue weighted by molar-refractivity contribution is 0.0953. The molecule has 0 fully saturated rings. The fourth-order valence-corrected chi connectivity index (χ4v) is 2.42. The molecule has 1 aromatic heterocycles. The highest BCUT2D eigenvalue weighted by atomic mass is 16.6. The van der Waals surface area contributed by atoms with Gasteiger partial charge >= 0.3 is 0 Å². The van der Waals surface area contributed by atoms with Gasteiger partial charge in [-0.25, -0.2) is 4.98 Å². The number of para-hydroxylation sites is 2. The topological polar surface area (TPSA) is 58.4 Å². The molecule has 0 aliphatic carbocycles. The van der Waals surface area contributed by atoms with E-state index in [1.165, 1.54) is 0 Å². The van der Waals surface area contributed by atoms with Crippen molar-refractivity contribution in [3.63, 3.8) is 0 Å². The zero-order chi connectivity index (χ0) is 15.4. The van der Waals surface area contributed by atoms with Crippen LogP contribution in [0.4, 0.5) is 5.82 Å². The molecule has 0 radical (unpaired) electrons. The third-order valence-corrected chi connectivity index (χ3v) is 3.57. The summed E-state index contributed by atoms with van der Waals surface area (Å²) >= 11 is 0. The number of aromatic nitrogens is 1. The van der Waals surface area contributed by atoms with E-state index >= 15 is 0 Å². The molecule has 2 heterocycles. The van der Waals surface area contributed by atoms with Crippen LogP contribution in [0.15, 0.2) is 42.6 Å². The van der Waals surface area contributed by atoms with Crippen molar-refractivity contribution in [2.24, 2.45) is 0 Å². The first kappa shape index (κ1) is 14.2. The Bertz CT molecular complexity index is 679. The van der Waals surface area contributed by atoms with Crippen LogP contribution in [0.25, 0.3) is 0 Å². The largest absolute Gasteiger partial charge is 0.486 e. The summed E-state index contributed by atoms with van der Waals surface area (Å²) in [6, 6.07) is 13.4. The minimum absolute atomic E-state index is 0.0488. The lowest BCUT2D eigenvalue weighted by Crippen LogP contribution is -2.41. The van der Waals surface area contributed by atoms with E-state index < -0.39 is 0 Å². The van der Waals surface area contributed by atoms with Crippen LogP contribution in [0.2, 0.25) is 0 Å². The normalized spacial score (nSPS) is 15.9. The molecule has 1 atom stereocenters. The SMILES string of the molecule is CCN(C[C@H]1COc2ccccc2O1)c1ccc(C#N)cn1. The predicted octanol–water partition coefficient (Wildman–Crippen LogP) is 2.62. The standard InChI is InChI=1S/C17H17N3O2/c1-2-20(17-8-7-13(9-18)10-19-17)11-14-12-21-15-5-3-4-6-16(15)22-14/h3-8,10,14H,2,11-12H2,1H3/t14-/m0/s1. The molecule has 1 aromatic carbocycles. The Kier molecular flexibility index (Phi) is 4.10. The van der Waals surface area contributed by atoms with Gasteiger partial charge in [0.25, 0.3) is 0 Å². The highest BCUT2D eigenvalue weighted by Crippen LogP contribution is 2.31. The van der Waals surface area contributed by atoms with Gasteiger partial charge in [-0.05, 0) is 31.2 Å². The summed E-state index contributed by atoms with van der Waals surface area (Å²) in [6.45, 7) is 4.07. The molecule has 5 nitrogen and oxygen atoms in total. The summed E-state index contributed by atoms with van der Waals surface area (Å²) < 4.78 is 11.7. The van der Waals surface area contributed by atoms with Crippen molar-refractivity contribution in [2.75, 3.05) is 24.6 Å². The molecule has 22 heavy (non-hydrogen) atoms. The van der Waals surface area contributed by atoms with Gasteiger partial charge in [0.1, 0.15) is 18.5 Å². The number of nitriles is 1. The molecule has 1 aliphatic rings. The van der Waals surface area contributed by atoms with E-state index in [-0.39, 0.29) is 6.10 Å². The molecule has 112 valence electrons. The van der Waals surface area contributed by atoms with Gasteiger partial charge in [-0.15, -0.1) is 0 Å².